The monoisotopic (exact) mass is 275 g/mol. The molecular formula is C19H33N. The molecule has 0 aromatic heterocycles. The quantitative estimate of drug-likeness (QED) is 0.509. The highest BCUT2D eigenvalue weighted by Crippen LogP contribution is 2.27. The zero-order valence-electron chi connectivity index (χ0n) is 13.7. The summed E-state index contributed by atoms with van der Waals surface area (Å²) in [5.41, 5.74) is 1.45. The molecule has 114 valence electrons. The van der Waals surface area contributed by atoms with Gasteiger partial charge in [-0.25, -0.2) is 0 Å². The molecule has 1 aromatic rings. The molecule has 20 heavy (non-hydrogen) atoms. The second-order valence-corrected chi connectivity index (χ2v) is 5.83. The maximum atomic E-state index is 3.81. The van der Waals surface area contributed by atoms with Crippen molar-refractivity contribution in [1.82, 2.24) is 5.32 Å². The van der Waals surface area contributed by atoms with Crippen LogP contribution in [0.15, 0.2) is 30.3 Å². The van der Waals surface area contributed by atoms with Gasteiger partial charge in [-0.05, 0) is 24.4 Å². The average molecular weight is 275 g/mol. The Kier molecular flexibility index (Phi) is 9.40. The molecular weight excluding hydrogens is 242 g/mol. The molecule has 0 bridgehead atoms. The lowest BCUT2D eigenvalue weighted by molar-refractivity contribution is 0.338. The van der Waals surface area contributed by atoms with Gasteiger partial charge in [0.1, 0.15) is 0 Å². The maximum absolute atomic E-state index is 3.81. The van der Waals surface area contributed by atoms with Crippen molar-refractivity contribution in [3.05, 3.63) is 35.9 Å². The van der Waals surface area contributed by atoms with Gasteiger partial charge in [-0.3, -0.25) is 0 Å². The number of nitrogens with one attached hydrogen (secondary N) is 1. The Hall–Kier alpha value is -0.820. The fourth-order valence-electron chi connectivity index (χ4n) is 2.96. The zero-order valence-corrected chi connectivity index (χ0v) is 13.7. The third kappa shape index (κ3) is 6.09. The van der Waals surface area contributed by atoms with E-state index in [0.717, 1.165) is 12.5 Å². The second-order valence-electron chi connectivity index (χ2n) is 5.83. The standard InChI is InChI=1S/C19H33N/c1-4-7-8-9-13-16-20-19(17(5-2)6-3)18-14-11-10-12-15-18/h10-12,14-15,17,19-20H,4-9,13,16H2,1-3H3. The van der Waals surface area contributed by atoms with Gasteiger partial charge in [0.2, 0.25) is 0 Å². The topological polar surface area (TPSA) is 12.0 Å². The molecule has 1 heteroatoms. The molecule has 0 aliphatic rings. The maximum Gasteiger partial charge on any atom is 0.0348 e. The molecule has 0 fully saturated rings. The Balaban J connectivity index is 2.47. The summed E-state index contributed by atoms with van der Waals surface area (Å²) in [6, 6.07) is 11.5. The molecule has 1 N–H and O–H groups in total. The highest BCUT2D eigenvalue weighted by atomic mass is 14.9. The van der Waals surface area contributed by atoms with E-state index in [1.54, 1.807) is 0 Å². The molecule has 0 radical (unpaired) electrons. The summed E-state index contributed by atoms with van der Waals surface area (Å²) in [5.74, 6) is 0.744. The summed E-state index contributed by atoms with van der Waals surface area (Å²) < 4.78 is 0. The van der Waals surface area contributed by atoms with Crippen LogP contribution in [0.1, 0.15) is 77.3 Å². The van der Waals surface area contributed by atoms with E-state index in [9.17, 15) is 0 Å². The van der Waals surface area contributed by atoms with Crippen molar-refractivity contribution in [3.8, 4) is 0 Å². The first-order valence-electron chi connectivity index (χ1n) is 8.61. The molecule has 1 nitrogen and oxygen atoms in total. The van der Waals surface area contributed by atoms with Crippen molar-refractivity contribution in [3.63, 3.8) is 0 Å². The summed E-state index contributed by atoms with van der Waals surface area (Å²) in [5, 5.41) is 3.81. The van der Waals surface area contributed by atoms with Crippen LogP contribution in [0, 0.1) is 5.92 Å². The fraction of sp³-hybridized carbons (Fsp3) is 0.684. The SMILES string of the molecule is CCCCCCCNC(c1ccccc1)C(CC)CC. The van der Waals surface area contributed by atoms with Crippen LogP contribution in [-0.4, -0.2) is 6.54 Å². The Morgan fingerprint density at radius 2 is 1.50 bits per heavy atom. The van der Waals surface area contributed by atoms with E-state index in [4.69, 9.17) is 0 Å². The van der Waals surface area contributed by atoms with Crippen molar-refractivity contribution in [1.29, 1.82) is 0 Å². The molecule has 0 aliphatic carbocycles. The van der Waals surface area contributed by atoms with E-state index in [0.29, 0.717) is 6.04 Å². The van der Waals surface area contributed by atoms with Gasteiger partial charge >= 0.3 is 0 Å². The molecule has 1 atom stereocenters. The van der Waals surface area contributed by atoms with Gasteiger partial charge in [0.15, 0.2) is 0 Å². The minimum absolute atomic E-state index is 0.525. The molecule has 0 saturated heterocycles. The molecule has 0 heterocycles. The van der Waals surface area contributed by atoms with Crippen LogP contribution in [0.2, 0.25) is 0 Å². The zero-order chi connectivity index (χ0) is 14.6. The van der Waals surface area contributed by atoms with Crippen LogP contribution in [-0.2, 0) is 0 Å². The second kappa shape index (κ2) is 10.9. The Bertz CT molecular complexity index is 316. The normalized spacial score (nSPS) is 12.8. The summed E-state index contributed by atoms with van der Waals surface area (Å²) in [6.07, 6.45) is 9.27. The van der Waals surface area contributed by atoms with Crippen LogP contribution in [0.4, 0.5) is 0 Å². The van der Waals surface area contributed by atoms with Crippen LogP contribution in [0.25, 0.3) is 0 Å². The predicted octanol–water partition coefficient (Wildman–Crippen LogP) is 5.72. The van der Waals surface area contributed by atoms with E-state index < -0.39 is 0 Å². The first kappa shape index (κ1) is 17.2. The Morgan fingerprint density at radius 1 is 0.850 bits per heavy atom. The minimum atomic E-state index is 0.525. The van der Waals surface area contributed by atoms with E-state index >= 15 is 0 Å². The molecule has 0 aliphatic heterocycles. The Morgan fingerprint density at radius 3 is 2.10 bits per heavy atom. The molecule has 1 unspecified atom stereocenters. The van der Waals surface area contributed by atoms with Crippen molar-refractivity contribution in [2.45, 2.75) is 71.8 Å². The number of benzene rings is 1. The van der Waals surface area contributed by atoms with Crippen LogP contribution < -0.4 is 5.32 Å². The van der Waals surface area contributed by atoms with Crippen molar-refractivity contribution in [2.75, 3.05) is 6.54 Å². The smallest absolute Gasteiger partial charge is 0.0348 e. The van der Waals surface area contributed by atoms with Crippen molar-refractivity contribution < 1.29 is 0 Å². The number of unbranched alkanes of at least 4 members (excludes halogenated alkanes) is 4. The third-order valence-electron chi connectivity index (χ3n) is 4.32. The molecule has 0 saturated carbocycles. The minimum Gasteiger partial charge on any atom is -0.310 e. The van der Waals surface area contributed by atoms with Crippen LogP contribution >= 0.6 is 0 Å². The highest BCUT2D eigenvalue weighted by molar-refractivity contribution is 5.19. The number of rotatable bonds is 11. The lowest BCUT2D eigenvalue weighted by atomic mass is 9.88. The van der Waals surface area contributed by atoms with Gasteiger partial charge in [-0.15, -0.1) is 0 Å². The lowest BCUT2D eigenvalue weighted by Crippen LogP contribution is -2.28. The third-order valence-corrected chi connectivity index (χ3v) is 4.32. The molecule has 0 amide bonds. The molecule has 1 rings (SSSR count). The summed E-state index contributed by atoms with van der Waals surface area (Å²) >= 11 is 0. The first-order valence-corrected chi connectivity index (χ1v) is 8.61. The van der Waals surface area contributed by atoms with Crippen molar-refractivity contribution in [2.24, 2.45) is 5.92 Å². The van der Waals surface area contributed by atoms with E-state index in [1.165, 1.54) is 50.5 Å². The van der Waals surface area contributed by atoms with Gasteiger partial charge < -0.3 is 5.32 Å². The van der Waals surface area contributed by atoms with Gasteiger partial charge in [0, 0.05) is 6.04 Å². The first-order chi connectivity index (χ1) is 9.83. The van der Waals surface area contributed by atoms with Gasteiger partial charge in [0.25, 0.3) is 0 Å². The summed E-state index contributed by atoms with van der Waals surface area (Å²) in [4.78, 5) is 0. The summed E-state index contributed by atoms with van der Waals surface area (Å²) in [7, 11) is 0. The Labute approximate surface area is 126 Å². The van der Waals surface area contributed by atoms with E-state index in [2.05, 4.69) is 56.4 Å². The van der Waals surface area contributed by atoms with E-state index in [1.807, 2.05) is 0 Å². The molecule has 0 spiro atoms. The highest BCUT2D eigenvalue weighted by Gasteiger charge is 2.19. The van der Waals surface area contributed by atoms with Gasteiger partial charge in [-0.1, -0.05) is 89.6 Å². The number of hydrogen-bond donors (Lipinski definition) is 1. The predicted molar refractivity (Wildman–Crippen MR) is 90.0 cm³/mol. The fourth-order valence-corrected chi connectivity index (χ4v) is 2.96. The lowest BCUT2D eigenvalue weighted by Gasteiger charge is -2.27. The number of hydrogen-bond acceptors (Lipinski definition) is 1. The van der Waals surface area contributed by atoms with Crippen LogP contribution in [0.3, 0.4) is 0 Å². The van der Waals surface area contributed by atoms with E-state index in [-0.39, 0.29) is 0 Å². The largest absolute Gasteiger partial charge is 0.310 e. The van der Waals surface area contributed by atoms with Crippen molar-refractivity contribution >= 4 is 0 Å². The average Bonchev–Trinajstić information content (AvgIpc) is 2.50. The van der Waals surface area contributed by atoms with Crippen LogP contribution in [0.5, 0.6) is 0 Å². The van der Waals surface area contributed by atoms with Gasteiger partial charge in [0.05, 0.1) is 0 Å². The van der Waals surface area contributed by atoms with Gasteiger partial charge in [-0.2, -0.15) is 0 Å². The summed E-state index contributed by atoms with van der Waals surface area (Å²) in [6.45, 7) is 8.05. The molecule has 1 aromatic carbocycles.